The van der Waals surface area contributed by atoms with Gasteiger partial charge in [-0.3, -0.25) is 4.79 Å². The second kappa shape index (κ2) is 3.06. The van der Waals surface area contributed by atoms with Gasteiger partial charge in [-0.25, -0.2) is 0 Å². The fourth-order valence-electron chi connectivity index (χ4n) is 7.55. The van der Waals surface area contributed by atoms with Crippen LogP contribution in [0.4, 0.5) is 0 Å². The Hall–Kier alpha value is -1.31. The average molecular weight is 282 g/mol. The number of rotatable bonds is 2. The fourth-order valence-corrected chi connectivity index (χ4v) is 7.55. The highest BCUT2D eigenvalue weighted by Crippen LogP contribution is 2.93. The summed E-state index contributed by atoms with van der Waals surface area (Å²) < 4.78 is 0. The molecule has 2 nitrogen and oxygen atoms in total. The molecule has 0 amide bonds. The first kappa shape index (κ1) is 12.3. The van der Waals surface area contributed by atoms with Crippen LogP contribution >= 0.6 is 0 Å². The molecular weight excluding hydrogens is 260 g/mol. The minimum absolute atomic E-state index is 0.162. The first-order chi connectivity index (χ1) is 9.89. The van der Waals surface area contributed by atoms with Gasteiger partial charge < -0.3 is 5.11 Å². The van der Waals surface area contributed by atoms with Crippen molar-refractivity contribution in [3.63, 3.8) is 0 Å². The van der Waals surface area contributed by atoms with E-state index >= 15 is 0 Å². The van der Waals surface area contributed by atoms with Gasteiger partial charge in [0.05, 0.1) is 5.41 Å². The van der Waals surface area contributed by atoms with Crippen LogP contribution in [0.2, 0.25) is 0 Å². The van der Waals surface area contributed by atoms with E-state index in [1.807, 2.05) is 0 Å². The smallest absolute Gasteiger partial charge is 0.309 e. The summed E-state index contributed by atoms with van der Waals surface area (Å²) in [4.78, 5) is 12.0. The fraction of sp³-hybridized carbons (Fsp3) is 0.632. The van der Waals surface area contributed by atoms with Crippen LogP contribution in [0.3, 0.4) is 0 Å². The summed E-state index contributed by atoms with van der Waals surface area (Å²) in [6, 6.07) is 10.8. The Morgan fingerprint density at radius 3 is 2.43 bits per heavy atom. The van der Waals surface area contributed by atoms with Gasteiger partial charge in [0, 0.05) is 5.41 Å². The summed E-state index contributed by atoms with van der Waals surface area (Å²) in [5.74, 6) is 0.804. The first-order valence-corrected chi connectivity index (χ1v) is 8.18. The Morgan fingerprint density at radius 2 is 1.76 bits per heavy atom. The molecule has 0 aromatic heterocycles. The second-order valence-corrected chi connectivity index (χ2v) is 8.76. The molecule has 0 radical (unpaired) electrons. The highest BCUT2D eigenvalue weighted by molar-refractivity contribution is 5.78. The van der Waals surface area contributed by atoms with E-state index in [0.29, 0.717) is 16.7 Å². The Morgan fingerprint density at radius 1 is 1.10 bits per heavy atom. The van der Waals surface area contributed by atoms with E-state index in [4.69, 9.17) is 0 Å². The SMILES string of the molecule is CC1(C)C2CC3(C(=O)O)CC4(c5ccccc5)CC1C24C3. The lowest BCUT2D eigenvalue weighted by Crippen LogP contribution is -2.76. The Bertz CT molecular complexity index is 663. The lowest BCUT2D eigenvalue weighted by molar-refractivity contribution is -0.292. The van der Waals surface area contributed by atoms with Crippen molar-refractivity contribution in [2.24, 2.45) is 28.1 Å². The van der Waals surface area contributed by atoms with Gasteiger partial charge in [-0.15, -0.1) is 0 Å². The van der Waals surface area contributed by atoms with E-state index in [1.54, 1.807) is 0 Å². The molecule has 4 fully saturated rings. The van der Waals surface area contributed by atoms with Crippen LogP contribution in [0, 0.1) is 28.1 Å². The zero-order chi connectivity index (χ0) is 14.7. The maximum Gasteiger partial charge on any atom is 0.309 e. The van der Waals surface area contributed by atoms with Crippen molar-refractivity contribution in [2.75, 3.05) is 0 Å². The van der Waals surface area contributed by atoms with E-state index in [9.17, 15) is 9.90 Å². The van der Waals surface area contributed by atoms with Crippen molar-refractivity contribution >= 4 is 5.97 Å². The van der Waals surface area contributed by atoms with Crippen LogP contribution < -0.4 is 0 Å². The van der Waals surface area contributed by atoms with Crippen LogP contribution in [0.5, 0.6) is 0 Å². The van der Waals surface area contributed by atoms with Gasteiger partial charge in [0.2, 0.25) is 0 Å². The molecule has 4 saturated carbocycles. The summed E-state index contributed by atoms with van der Waals surface area (Å²) in [5, 5.41) is 9.92. The summed E-state index contributed by atoms with van der Waals surface area (Å²) in [5.41, 5.74) is 1.77. The molecule has 0 saturated heterocycles. The van der Waals surface area contributed by atoms with Gasteiger partial charge in [0.15, 0.2) is 0 Å². The lowest BCUT2D eigenvalue weighted by Gasteiger charge is -2.80. The van der Waals surface area contributed by atoms with Gasteiger partial charge in [-0.2, -0.15) is 0 Å². The molecule has 4 aliphatic carbocycles. The predicted octanol–water partition coefficient (Wildman–Crippen LogP) is 3.86. The normalized spacial score (nSPS) is 51.0. The minimum atomic E-state index is -0.537. The van der Waals surface area contributed by atoms with Gasteiger partial charge in [-0.05, 0) is 53.9 Å². The first-order valence-electron chi connectivity index (χ1n) is 8.18. The van der Waals surface area contributed by atoms with Gasteiger partial charge in [-0.1, -0.05) is 44.2 Å². The molecule has 0 aliphatic heterocycles. The number of carboxylic acids is 1. The molecule has 5 atom stereocenters. The maximum absolute atomic E-state index is 12.0. The zero-order valence-electron chi connectivity index (χ0n) is 12.7. The van der Waals surface area contributed by atoms with E-state index < -0.39 is 11.4 Å². The zero-order valence-corrected chi connectivity index (χ0v) is 12.7. The van der Waals surface area contributed by atoms with Crippen molar-refractivity contribution in [2.45, 2.75) is 44.9 Å². The molecule has 2 heteroatoms. The number of benzene rings is 1. The monoisotopic (exact) mass is 282 g/mol. The van der Waals surface area contributed by atoms with Crippen LogP contribution in [0.25, 0.3) is 0 Å². The van der Waals surface area contributed by atoms with Crippen molar-refractivity contribution < 1.29 is 9.90 Å². The molecule has 1 aromatic carbocycles. The maximum atomic E-state index is 12.0. The molecule has 2 bridgehead atoms. The standard InChI is InChI=1S/C19H22O2/c1-16(2)13-8-17(15(20)21)10-18(12-6-4-3-5-7-12)9-14(16)19(13,18)11-17/h3-7,13-14H,8-11H2,1-2H3,(H,20,21). The Labute approximate surface area is 125 Å². The van der Waals surface area contributed by atoms with E-state index in [1.165, 1.54) is 12.0 Å². The van der Waals surface area contributed by atoms with Crippen LogP contribution in [0.1, 0.15) is 45.1 Å². The molecule has 4 aliphatic rings. The molecule has 5 rings (SSSR count). The Balaban J connectivity index is 1.70. The van der Waals surface area contributed by atoms with E-state index in [2.05, 4.69) is 44.2 Å². The summed E-state index contributed by atoms with van der Waals surface area (Å²) >= 11 is 0. The number of fused-ring (bicyclic) bond motifs is 1. The third-order valence-corrected chi connectivity index (χ3v) is 8.13. The highest BCUT2D eigenvalue weighted by Gasteiger charge is 2.90. The molecule has 1 spiro atoms. The third-order valence-electron chi connectivity index (χ3n) is 8.13. The van der Waals surface area contributed by atoms with Crippen molar-refractivity contribution in [1.29, 1.82) is 0 Å². The molecule has 21 heavy (non-hydrogen) atoms. The number of hydrogen-bond acceptors (Lipinski definition) is 1. The summed E-state index contributed by atoms with van der Waals surface area (Å²) in [6.07, 6.45) is 3.93. The molecule has 110 valence electrons. The molecule has 0 heterocycles. The van der Waals surface area contributed by atoms with Gasteiger partial charge >= 0.3 is 5.97 Å². The van der Waals surface area contributed by atoms with Crippen LogP contribution in [-0.2, 0) is 10.2 Å². The number of hydrogen-bond donors (Lipinski definition) is 1. The highest BCUT2D eigenvalue weighted by atomic mass is 16.4. The third kappa shape index (κ3) is 0.959. The van der Waals surface area contributed by atoms with Gasteiger partial charge in [0.25, 0.3) is 0 Å². The summed E-state index contributed by atoms with van der Waals surface area (Å²) in [7, 11) is 0. The largest absolute Gasteiger partial charge is 0.481 e. The predicted molar refractivity (Wildman–Crippen MR) is 79.9 cm³/mol. The number of carbonyl (C=O) groups is 1. The quantitative estimate of drug-likeness (QED) is 0.894. The lowest BCUT2D eigenvalue weighted by atomic mass is 9.23. The number of aliphatic carboxylic acids is 1. The Kier molecular flexibility index (Phi) is 1.79. The topological polar surface area (TPSA) is 37.3 Å². The molecule has 1 aromatic rings. The second-order valence-electron chi connectivity index (χ2n) is 8.76. The van der Waals surface area contributed by atoms with Crippen molar-refractivity contribution in [3.05, 3.63) is 35.9 Å². The average Bonchev–Trinajstić information content (AvgIpc) is 2.92. The van der Waals surface area contributed by atoms with Gasteiger partial charge in [0.1, 0.15) is 0 Å². The van der Waals surface area contributed by atoms with E-state index in [0.717, 1.165) is 25.2 Å². The molecule has 5 unspecified atom stereocenters. The van der Waals surface area contributed by atoms with Crippen molar-refractivity contribution in [1.82, 2.24) is 0 Å². The van der Waals surface area contributed by atoms with E-state index in [-0.39, 0.29) is 5.41 Å². The van der Waals surface area contributed by atoms with Crippen LogP contribution in [-0.4, -0.2) is 11.1 Å². The molecule has 1 N–H and O–H groups in total. The number of carboxylic acid groups (broad SMARTS) is 1. The minimum Gasteiger partial charge on any atom is -0.481 e. The summed E-state index contributed by atoms with van der Waals surface area (Å²) in [6.45, 7) is 4.75. The molecular formula is C19H22O2. The van der Waals surface area contributed by atoms with Crippen molar-refractivity contribution in [3.8, 4) is 0 Å². The van der Waals surface area contributed by atoms with Crippen LogP contribution in [0.15, 0.2) is 30.3 Å².